The normalized spacial score (nSPS) is 20.7. The van der Waals surface area contributed by atoms with Gasteiger partial charge in [-0.25, -0.2) is 4.79 Å². The Morgan fingerprint density at radius 2 is 1.76 bits per heavy atom. The van der Waals surface area contributed by atoms with Crippen LogP contribution in [0.4, 0.5) is 4.79 Å². The van der Waals surface area contributed by atoms with Gasteiger partial charge in [0.05, 0.1) is 12.7 Å². The van der Waals surface area contributed by atoms with Crippen molar-refractivity contribution in [2.75, 3.05) is 46.4 Å². The van der Waals surface area contributed by atoms with Crippen LogP contribution in [0.25, 0.3) is 0 Å². The number of rotatable bonds is 3. The van der Waals surface area contributed by atoms with E-state index in [2.05, 4.69) is 4.90 Å². The van der Waals surface area contributed by atoms with Crippen molar-refractivity contribution in [3.05, 3.63) is 28.8 Å². The van der Waals surface area contributed by atoms with Gasteiger partial charge in [-0.05, 0) is 45.4 Å². The summed E-state index contributed by atoms with van der Waals surface area (Å²) in [6.07, 6.45) is 0.670. The molecule has 1 atom stereocenters. The Balaban J connectivity index is 1.54. The topological polar surface area (TPSA) is 62.3 Å². The number of methoxy groups -OCH3 is 1. The predicted molar refractivity (Wildman–Crippen MR) is 112 cm³/mol. The fourth-order valence-electron chi connectivity index (χ4n) is 3.83. The molecule has 2 fully saturated rings. The molecule has 2 heterocycles. The van der Waals surface area contributed by atoms with Gasteiger partial charge in [-0.3, -0.25) is 9.69 Å². The number of nitrogens with zero attached hydrogens (tertiary/aromatic N) is 3. The monoisotopic (exact) mass is 423 g/mol. The Morgan fingerprint density at radius 3 is 2.38 bits per heavy atom. The number of benzene rings is 1. The van der Waals surface area contributed by atoms with E-state index in [0.717, 1.165) is 19.5 Å². The minimum Gasteiger partial charge on any atom is -0.496 e. The number of hydrogen-bond acceptors (Lipinski definition) is 5. The third kappa shape index (κ3) is 5.34. The largest absolute Gasteiger partial charge is 0.496 e. The highest BCUT2D eigenvalue weighted by Gasteiger charge is 2.34. The van der Waals surface area contributed by atoms with E-state index < -0.39 is 5.60 Å². The van der Waals surface area contributed by atoms with Crippen LogP contribution in [0.15, 0.2) is 18.2 Å². The molecule has 1 aromatic carbocycles. The Hall–Kier alpha value is -1.99. The summed E-state index contributed by atoms with van der Waals surface area (Å²) in [5, 5.41) is 0.542. The highest BCUT2D eigenvalue weighted by atomic mass is 35.5. The number of carbonyl (C=O) groups excluding carboxylic acids is 2. The lowest BCUT2D eigenvalue weighted by molar-refractivity contribution is 0.0108. The number of ether oxygens (including phenoxy) is 2. The zero-order valence-electron chi connectivity index (χ0n) is 17.6. The van der Waals surface area contributed by atoms with Gasteiger partial charge in [0.2, 0.25) is 0 Å². The minimum absolute atomic E-state index is 0.0339. The average Bonchev–Trinajstić information content (AvgIpc) is 3.16. The van der Waals surface area contributed by atoms with E-state index in [4.69, 9.17) is 21.1 Å². The maximum Gasteiger partial charge on any atom is 0.410 e. The van der Waals surface area contributed by atoms with E-state index in [-0.39, 0.29) is 12.0 Å². The molecule has 0 bridgehead atoms. The van der Waals surface area contributed by atoms with Crippen LogP contribution in [0.3, 0.4) is 0 Å². The molecule has 0 spiro atoms. The molecule has 160 valence electrons. The molecule has 1 unspecified atom stereocenters. The number of halogens is 1. The van der Waals surface area contributed by atoms with E-state index in [9.17, 15) is 9.59 Å². The van der Waals surface area contributed by atoms with Gasteiger partial charge in [-0.15, -0.1) is 0 Å². The second-order valence-corrected chi connectivity index (χ2v) is 8.98. The summed E-state index contributed by atoms with van der Waals surface area (Å²) in [6.45, 7) is 9.88. The smallest absolute Gasteiger partial charge is 0.410 e. The van der Waals surface area contributed by atoms with Crippen molar-refractivity contribution in [2.24, 2.45) is 0 Å². The molecule has 0 N–H and O–H groups in total. The first-order valence-electron chi connectivity index (χ1n) is 10.0. The van der Waals surface area contributed by atoms with E-state index >= 15 is 0 Å². The van der Waals surface area contributed by atoms with Crippen LogP contribution in [0, 0.1) is 0 Å². The SMILES string of the molecule is COc1cc(Cl)ccc1C(=O)N1CCC(N2CCN(C(=O)OC(C)(C)C)CC2)C1. The second kappa shape index (κ2) is 8.79. The summed E-state index contributed by atoms with van der Waals surface area (Å²) in [6, 6.07) is 5.40. The van der Waals surface area contributed by atoms with Crippen molar-refractivity contribution >= 4 is 23.6 Å². The summed E-state index contributed by atoms with van der Waals surface area (Å²) in [5.41, 5.74) is 0.0517. The van der Waals surface area contributed by atoms with E-state index in [1.54, 1.807) is 30.2 Å². The first-order valence-corrected chi connectivity index (χ1v) is 10.4. The summed E-state index contributed by atoms with van der Waals surface area (Å²) < 4.78 is 10.8. The van der Waals surface area contributed by atoms with Crippen LogP contribution < -0.4 is 4.74 Å². The third-order valence-corrected chi connectivity index (χ3v) is 5.56. The van der Waals surface area contributed by atoms with Gasteiger partial charge in [0, 0.05) is 50.3 Å². The third-order valence-electron chi connectivity index (χ3n) is 5.33. The molecule has 1 aromatic rings. The lowest BCUT2D eigenvalue weighted by Gasteiger charge is -2.38. The predicted octanol–water partition coefficient (Wildman–Crippen LogP) is 3.12. The number of hydrogen-bond donors (Lipinski definition) is 0. The second-order valence-electron chi connectivity index (χ2n) is 8.54. The summed E-state index contributed by atoms with van der Waals surface area (Å²) in [7, 11) is 1.54. The molecule has 2 saturated heterocycles. The van der Waals surface area contributed by atoms with Gasteiger partial charge in [-0.2, -0.15) is 0 Å². The molecule has 0 radical (unpaired) electrons. The zero-order chi connectivity index (χ0) is 21.2. The fraction of sp³-hybridized carbons (Fsp3) is 0.619. The standard InChI is InChI=1S/C21H30ClN3O4/c1-21(2,3)29-20(27)24-11-9-23(10-12-24)16-7-8-25(14-16)19(26)17-6-5-15(22)13-18(17)28-4/h5-6,13,16H,7-12,14H2,1-4H3. The lowest BCUT2D eigenvalue weighted by Crippen LogP contribution is -2.53. The Labute approximate surface area is 177 Å². The average molecular weight is 424 g/mol. The van der Waals surface area contributed by atoms with Gasteiger partial charge in [0.25, 0.3) is 5.91 Å². The lowest BCUT2D eigenvalue weighted by atomic mass is 10.1. The minimum atomic E-state index is -0.483. The van der Waals surface area contributed by atoms with Crippen LogP contribution in [0.5, 0.6) is 5.75 Å². The fourth-order valence-corrected chi connectivity index (χ4v) is 3.99. The maximum absolute atomic E-state index is 13.0. The van der Waals surface area contributed by atoms with Gasteiger partial charge < -0.3 is 19.3 Å². The summed E-state index contributed by atoms with van der Waals surface area (Å²) in [4.78, 5) is 31.2. The molecule has 2 aliphatic heterocycles. The van der Waals surface area contributed by atoms with Crippen LogP contribution in [0.2, 0.25) is 5.02 Å². The molecular weight excluding hydrogens is 394 g/mol. The van der Waals surface area contributed by atoms with E-state index in [0.29, 0.717) is 48.6 Å². The number of carbonyl (C=O) groups is 2. The van der Waals surface area contributed by atoms with Gasteiger partial charge in [0.1, 0.15) is 11.4 Å². The van der Waals surface area contributed by atoms with E-state index in [1.807, 2.05) is 25.7 Å². The quantitative estimate of drug-likeness (QED) is 0.747. The molecule has 0 aromatic heterocycles. The van der Waals surface area contributed by atoms with Crippen LogP contribution in [0.1, 0.15) is 37.6 Å². The van der Waals surface area contributed by atoms with Crippen molar-refractivity contribution in [1.82, 2.24) is 14.7 Å². The summed E-state index contributed by atoms with van der Waals surface area (Å²) in [5.74, 6) is 0.463. The van der Waals surface area contributed by atoms with Crippen molar-refractivity contribution in [3.8, 4) is 5.75 Å². The van der Waals surface area contributed by atoms with Crippen LogP contribution in [-0.2, 0) is 4.74 Å². The van der Waals surface area contributed by atoms with E-state index in [1.165, 1.54) is 0 Å². The molecular formula is C21H30ClN3O4. The van der Waals surface area contributed by atoms with Crippen molar-refractivity contribution < 1.29 is 19.1 Å². The van der Waals surface area contributed by atoms with Gasteiger partial charge >= 0.3 is 6.09 Å². The number of piperazine rings is 1. The highest BCUT2D eigenvalue weighted by Crippen LogP contribution is 2.27. The first kappa shape index (κ1) is 21.7. The van der Waals surface area contributed by atoms with Crippen LogP contribution >= 0.6 is 11.6 Å². The molecule has 29 heavy (non-hydrogen) atoms. The van der Waals surface area contributed by atoms with Gasteiger partial charge in [0.15, 0.2) is 0 Å². The van der Waals surface area contributed by atoms with Gasteiger partial charge in [-0.1, -0.05) is 11.6 Å². The molecule has 2 aliphatic rings. The molecule has 3 rings (SSSR count). The highest BCUT2D eigenvalue weighted by molar-refractivity contribution is 6.30. The number of likely N-dealkylation sites (tertiary alicyclic amines) is 1. The summed E-state index contributed by atoms with van der Waals surface area (Å²) >= 11 is 6.01. The van der Waals surface area contributed by atoms with Crippen LogP contribution in [-0.4, -0.2) is 84.7 Å². The molecule has 0 aliphatic carbocycles. The number of amides is 2. The molecule has 8 heteroatoms. The zero-order valence-corrected chi connectivity index (χ0v) is 18.4. The Kier molecular flexibility index (Phi) is 6.58. The Morgan fingerprint density at radius 1 is 1.07 bits per heavy atom. The maximum atomic E-state index is 13.0. The molecule has 2 amide bonds. The molecule has 7 nitrogen and oxygen atoms in total. The van der Waals surface area contributed by atoms with Crippen molar-refractivity contribution in [3.63, 3.8) is 0 Å². The first-order chi connectivity index (χ1) is 13.7. The molecule has 0 saturated carbocycles. The van der Waals surface area contributed by atoms with Crippen molar-refractivity contribution in [1.29, 1.82) is 0 Å². The Bertz CT molecular complexity index is 757. The van der Waals surface area contributed by atoms with Crippen molar-refractivity contribution in [2.45, 2.75) is 38.8 Å².